The fourth-order valence-electron chi connectivity index (χ4n) is 0. The van der Waals surface area contributed by atoms with Crippen LogP contribution in [0.2, 0.25) is 0 Å². The summed E-state index contributed by atoms with van der Waals surface area (Å²) in [6.07, 6.45) is -2.33. The van der Waals surface area contributed by atoms with Crippen LogP contribution >= 0.6 is 0 Å². The zero-order valence-corrected chi connectivity index (χ0v) is 13.2. The van der Waals surface area contributed by atoms with E-state index in [1.54, 1.807) is 0 Å². The van der Waals surface area contributed by atoms with E-state index in [1.807, 2.05) is 0 Å². The third kappa shape index (κ3) is 115. The van der Waals surface area contributed by atoms with Crippen LogP contribution in [0.15, 0.2) is 0 Å². The molecule has 0 amide bonds. The molecule has 48 valence electrons. The molecule has 0 saturated heterocycles. The van der Waals surface area contributed by atoms with Gasteiger partial charge in [0.05, 0.1) is 0 Å². The molecule has 10 heavy (non-hydrogen) atoms. The molecule has 0 unspecified atom stereocenters. The summed E-state index contributed by atoms with van der Waals surface area (Å²) in [5.41, 5.74) is 0. The smallest absolute Gasteiger partial charge is 1.00 e. The molecule has 0 fully saturated rings. The third-order valence-corrected chi connectivity index (χ3v) is 0. The SMILES string of the molecule is O=C([O-])[O-].[Ca+2].[Cl-].[Cl-].[Cl-].[Mg+2].[Na+]. The van der Waals surface area contributed by atoms with Gasteiger partial charge in [-0.05, 0) is 6.16 Å². The van der Waals surface area contributed by atoms with Crippen LogP contribution in [-0.4, -0.2) is 66.9 Å². The summed E-state index contributed by atoms with van der Waals surface area (Å²) >= 11 is 0. The number of halogens is 3. The molecule has 0 spiro atoms. The third-order valence-electron chi connectivity index (χ3n) is 0. The predicted octanol–water partition coefficient (Wildman–Crippen LogP) is -15.2. The Balaban J connectivity index is -0.00000000300. The summed E-state index contributed by atoms with van der Waals surface area (Å²) in [6.45, 7) is 0. The number of hydrogen-bond donors (Lipinski definition) is 0. The summed E-state index contributed by atoms with van der Waals surface area (Å²) in [5, 5.41) is 16.7. The van der Waals surface area contributed by atoms with Crippen LogP contribution in [-0.2, 0) is 0 Å². The molecule has 0 aromatic heterocycles. The molecule has 0 aromatic rings. The molecule has 9 heteroatoms. The Labute approximate surface area is 146 Å². The summed E-state index contributed by atoms with van der Waals surface area (Å²) < 4.78 is 0. The molecule has 3 nitrogen and oxygen atoms in total. The minimum atomic E-state index is -2.33. The van der Waals surface area contributed by atoms with Gasteiger partial charge >= 0.3 is 90.3 Å². The number of carboxylic acid groups (broad SMARTS) is 2. The van der Waals surface area contributed by atoms with Crippen molar-refractivity contribution in [1.82, 2.24) is 0 Å². The largest absolute Gasteiger partial charge is 2.00 e. The van der Waals surface area contributed by atoms with Crippen molar-refractivity contribution in [3.8, 4) is 0 Å². The number of carbonyl (C=O) groups excluding carboxylic acids is 1. The average molecular weight is 254 g/mol. The molecular weight excluding hydrogens is 254 g/mol. The maximum Gasteiger partial charge on any atom is 2.00 e. The van der Waals surface area contributed by atoms with Gasteiger partial charge < -0.3 is 52.2 Å². The van der Waals surface area contributed by atoms with Gasteiger partial charge in [-0.15, -0.1) is 0 Å². The Morgan fingerprint density at radius 3 is 1.00 bits per heavy atom. The van der Waals surface area contributed by atoms with Crippen molar-refractivity contribution < 1.29 is 81.8 Å². The molecule has 0 radical (unpaired) electrons. The van der Waals surface area contributed by atoms with Gasteiger partial charge in [0, 0.05) is 0 Å². The minimum Gasteiger partial charge on any atom is -1.00 e. The Morgan fingerprint density at radius 1 is 1.00 bits per heavy atom. The number of carbonyl (C=O) groups is 1. The molecule has 0 aromatic carbocycles. The van der Waals surface area contributed by atoms with Crippen LogP contribution < -0.4 is 77.0 Å². The molecule has 0 atom stereocenters. The molecule has 0 rings (SSSR count). The second-order valence-electron chi connectivity index (χ2n) is 0.250. The quantitative estimate of drug-likeness (QED) is 0.403. The predicted molar refractivity (Wildman–Crippen MR) is 16.9 cm³/mol. The number of rotatable bonds is 0. The van der Waals surface area contributed by atoms with Crippen molar-refractivity contribution in [2.24, 2.45) is 0 Å². The van der Waals surface area contributed by atoms with Crippen molar-refractivity contribution in [3.05, 3.63) is 0 Å². The summed E-state index contributed by atoms with van der Waals surface area (Å²) in [7, 11) is 0. The van der Waals surface area contributed by atoms with Gasteiger partial charge in [0.1, 0.15) is 0 Å². The molecule has 0 aliphatic heterocycles. The van der Waals surface area contributed by atoms with Gasteiger partial charge in [0.25, 0.3) is 0 Å². The van der Waals surface area contributed by atoms with Crippen molar-refractivity contribution in [3.63, 3.8) is 0 Å². The normalized spacial score (nSPS) is 2.40. The van der Waals surface area contributed by atoms with Crippen molar-refractivity contribution in [1.29, 1.82) is 0 Å². The van der Waals surface area contributed by atoms with Gasteiger partial charge in [-0.3, -0.25) is 0 Å². The van der Waals surface area contributed by atoms with E-state index in [-0.39, 0.29) is 128 Å². The van der Waals surface area contributed by atoms with E-state index in [9.17, 15) is 0 Å². The number of hydrogen-bond acceptors (Lipinski definition) is 3. The van der Waals surface area contributed by atoms with E-state index in [4.69, 9.17) is 15.0 Å². The summed E-state index contributed by atoms with van der Waals surface area (Å²) in [6, 6.07) is 0. The van der Waals surface area contributed by atoms with E-state index >= 15 is 0 Å². The monoisotopic (exact) mass is 252 g/mol. The van der Waals surface area contributed by atoms with Gasteiger partial charge in [-0.2, -0.15) is 0 Å². The Kier molecular flexibility index (Phi) is 204. The molecule has 0 heterocycles. The average Bonchev–Trinajstić information content (AvgIpc) is 0.811. The van der Waals surface area contributed by atoms with Crippen LogP contribution in [0.5, 0.6) is 0 Å². The zero-order valence-electron chi connectivity index (χ0n) is 5.27. The second kappa shape index (κ2) is 39.9. The molecule has 0 aliphatic carbocycles. The molecule has 0 bridgehead atoms. The Morgan fingerprint density at radius 2 is 1.00 bits per heavy atom. The molecular formula is CCaCl3MgNaO3. The van der Waals surface area contributed by atoms with E-state index in [0.717, 1.165) is 0 Å². The first-order valence-electron chi connectivity index (χ1n) is 0.612. The van der Waals surface area contributed by atoms with Crippen LogP contribution in [0.25, 0.3) is 0 Å². The summed E-state index contributed by atoms with van der Waals surface area (Å²) in [5.74, 6) is 0. The van der Waals surface area contributed by atoms with E-state index in [2.05, 4.69) is 0 Å². The maximum absolute atomic E-state index is 8.33. The Bertz CT molecular complexity index is 46.7. The molecule has 0 saturated carbocycles. The summed E-state index contributed by atoms with van der Waals surface area (Å²) in [4.78, 5) is 8.33. The van der Waals surface area contributed by atoms with Crippen LogP contribution in [0.1, 0.15) is 0 Å². The van der Waals surface area contributed by atoms with E-state index < -0.39 is 6.16 Å². The Hall–Kier alpha value is 3.17. The zero-order chi connectivity index (χ0) is 3.58. The maximum atomic E-state index is 8.33. The van der Waals surface area contributed by atoms with Crippen molar-refractivity contribution >= 4 is 66.9 Å². The van der Waals surface area contributed by atoms with Crippen molar-refractivity contribution in [2.45, 2.75) is 0 Å². The first-order chi connectivity index (χ1) is 1.73. The van der Waals surface area contributed by atoms with Crippen LogP contribution in [0.3, 0.4) is 0 Å². The first kappa shape index (κ1) is 51.3. The fourth-order valence-corrected chi connectivity index (χ4v) is 0. The molecule has 0 N–H and O–H groups in total. The van der Waals surface area contributed by atoms with Gasteiger partial charge in [0.15, 0.2) is 0 Å². The standard InChI is InChI=1S/CH2O3.Ca.3ClH.Mg.Na/c2-1(3)4;;;;;;/h(H2,2,3,4);;3*1H;;/q;+2;;;;+2;+1/p-5. The second-order valence-corrected chi connectivity index (χ2v) is 0.250. The minimum absolute atomic E-state index is 0. The van der Waals surface area contributed by atoms with Gasteiger partial charge in [-0.1, -0.05) is 0 Å². The van der Waals surface area contributed by atoms with Gasteiger partial charge in [-0.25, -0.2) is 0 Å². The van der Waals surface area contributed by atoms with Gasteiger partial charge in [0.2, 0.25) is 0 Å². The van der Waals surface area contributed by atoms with E-state index in [1.165, 1.54) is 0 Å². The molecule has 0 aliphatic rings. The van der Waals surface area contributed by atoms with Crippen molar-refractivity contribution in [2.75, 3.05) is 0 Å². The van der Waals surface area contributed by atoms with Crippen LogP contribution in [0, 0.1) is 0 Å². The topological polar surface area (TPSA) is 63.2 Å². The van der Waals surface area contributed by atoms with Crippen LogP contribution in [0.4, 0.5) is 4.79 Å². The van der Waals surface area contributed by atoms with E-state index in [0.29, 0.717) is 0 Å². The fraction of sp³-hybridized carbons (Fsp3) is 0. The first-order valence-corrected chi connectivity index (χ1v) is 0.612.